The predicted molar refractivity (Wildman–Crippen MR) is 96.5 cm³/mol. The number of aromatic hydroxyl groups is 1. The molecule has 2 rings (SSSR count). The summed E-state index contributed by atoms with van der Waals surface area (Å²) in [4.78, 5) is 2.09. The van der Waals surface area contributed by atoms with Crippen molar-refractivity contribution in [2.75, 3.05) is 13.7 Å². The fourth-order valence-corrected chi connectivity index (χ4v) is 2.98. The summed E-state index contributed by atoms with van der Waals surface area (Å²) < 4.78 is 18.3. The van der Waals surface area contributed by atoms with Gasteiger partial charge >= 0.3 is 0 Å². The molecule has 2 aromatic rings. The summed E-state index contributed by atoms with van der Waals surface area (Å²) in [5.41, 5.74) is 1.80. The SMILES string of the molecule is CC[C@H](CO)N(Cc1ccc(F)cc1)Cc1cc(Cl)c(O)c(OC)c1. The zero-order valence-electron chi connectivity index (χ0n) is 14.4. The Balaban J connectivity index is 2.27. The zero-order chi connectivity index (χ0) is 18.4. The van der Waals surface area contributed by atoms with Crippen LogP contribution in [-0.2, 0) is 13.1 Å². The van der Waals surface area contributed by atoms with Gasteiger partial charge in [-0.05, 0) is 41.8 Å². The van der Waals surface area contributed by atoms with Crippen molar-refractivity contribution in [2.24, 2.45) is 0 Å². The molecule has 0 radical (unpaired) electrons. The van der Waals surface area contributed by atoms with Crippen LogP contribution in [0.5, 0.6) is 11.5 Å². The number of aliphatic hydroxyl groups is 1. The van der Waals surface area contributed by atoms with Gasteiger partial charge in [-0.25, -0.2) is 4.39 Å². The van der Waals surface area contributed by atoms with Crippen molar-refractivity contribution in [1.29, 1.82) is 0 Å². The lowest BCUT2D eigenvalue weighted by Gasteiger charge is -2.30. The van der Waals surface area contributed by atoms with E-state index in [1.165, 1.54) is 19.2 Å². The van der Waals surface area contributed by atoms with Crippen LogP contribution in [0.1, 0.15) is 24.5 Å². The molecule has 1 atom stereocenters. The van der Waals surface area contributed by atoms with Crippen molar-refractivity contribution in [2.45, 2.75) is 32.5 Å². The molecule has 0 amide bonds. The van der Waals surface area contributed by atoms with Crippen molar-refractivity contribution < 1.29 is 19.3 Å². The van der Waals surface area contributed by atoms with Crippen molar-refractivity contribution in [3.05, 3.63) is 58.4 Å². The van der Waals surface area contributed by atoms with E-state index in [1.807, 2.05) is 6.92 Å². The van der Waals surface area contributed by atoms with E-state index in [0.29, 0.717) is 18.8 Å². The fraction of sp³-hybridized carbons (Fsp3) is 0.368. The van der Waals surface area contributed by atoms with Gasteiger partial charge in [0.25, 0.3) is 0 Å². The number of ether oxygens (including phenoxy) is 1. The minimum atomic E-state index is -0.278. The highest BCUT2D eigenvalue weighted by Gasteiger charge is 2.19. The van der Waals surface area contributed by atoms with Gasteiger partial charge in [-0.2, -0.15) is 0 Å². The number of hydrogen-bond donors (Lipinski definition) is 2. The van der Waals surface area contributed by atoms with Crippen LogP contribution in [0.25, 0.3) is 0 Å². The van der Waals surface area contributed by atoms with Gasteiger partial charge in [-0.1, -0.05) is 30.7 Å². The quantitative estimate of drug-likeness (QED) is 0.741. The second-order valence-corrected chi connectivity index (χ2v) is 6.31. The highest BCUT2D eigenvalue weighted by atomic mass is 35.5. The number of aliphatic hydroxyl groups excluding tert-OH is 1. The van der Waals surface area contributed by atoms with E-state index < -0.39 is 0 Å². The third-order valence-electron chi connectivity index (χ3n) is 4.19. The lowest BCUT2D eigenvalue weighted by Crippen LogP contribution is -2.36. The number of nitrogens with zero attached hydrogens (tertiary/aromatic N) is 1. The number of halogens is 2. The van der Waals surface area contributed by atoms with E-state index in [1.54, 1.807) is 24.3 Å². The van der Waals surface area contributed by atoms with Gasteiger partial charge in [-0.3, -0.25) is 4.90 Å². The highest BCUT2D eigenvalue weighted by Crippen LogP contribution is 2.35. The summed E-state index contributed by atoms with van der Waals surface area (Å²) >= 11 is 6.07. The summed E-state index contributed by atoms with van der Waals surface area (Å²) in [6.07, 6.45) is 0.765. The third kappa shape index (κ3) is 5.08. The van der Waals surface area contributed by atoms with Crippen LogP contribution in [0.15, 0.2) is 36.4 Å². The topological polar surface area (TPSA) is 52.9 Å². The number of phenols is 1. The van der Waals surface area contributed by atoms with Crippen LogP contribution >= 0.6 is 11.6 Å². The van der Waals surface area contributed by atoms with Crippen LogP contribution in [0.4, 0.5) is 4.39 Å². The molecular formula is C19H23ClFNO3. The van der Waals surface area contributed by atoms with Gasteiger partial charge < -0.3 is 14.9 Å². The molecule has 0 aromatic heterocycles. The normalized spacial score (nSPS) is 12.4. The third-order valence-corrected chi connectivity index (χ3v) is 4.48. The largest absolute Gasteiger partial charge is 0.503 e. The van der Waals surface area contributed by atoms with Gasteiger partial charge in [0, 0.05) is 19.1 Å². The first kappa shape index (κ1) is 19.5. The van der Waals surface area contributed by atoms with Crippen molar-refractivity contribution in [3.63, 3.8) is 0 Å². The molecule has 136 valence electrons. The first-order valence-corrected chi connectivity index (χ1v) is 8.51. The molecule has 25 heavy (non-hydrogen) atoms. The Morgan fingerprint density at radius 2 is 1.80 bits per heavy atom. The molecule has 6 heteroatoms. The lowest BCUT2D eigenvalue weighted by atomic mass is 10.1. The van der Waals surface area contributed by atoms with Crippen molar-refractivity contribution >= 4 is 11.6 Å². The van der Waals surface area contributed by atoms with E-state index >= 15 is 0 Å². The Bertz CT molecular complexity index is 690. The number of rotatable bonds is 8. The van der Waals surface area contributed by atoms with E-state index in [2.05, 4.69) is 4.90 Å². The molecule has 4 nitrogen and oxygen atoms in total. The second kappa shape index (κ2) is 9.04. The first-order valence-electron chi connectivity index (χ1n) is 8.13. The number of methoxy groups -OCH3 is 1. The molecule has 0 spiro atoms. The average Bonchev–Trinajstić information content (AvgIpc) is 2.60. The van der Waals surface area contributed by atoms with E-state index in [9.17, 15) is 14.6 Å². The maximum absolute atomic E-state index is 13.1. The molecule has 0 aliphatic heterocycles. The maximum Gasteiger partial charge on any atom is 0.176 e. The molecular weight excluding hydrogens is 345 g/mol. The summed E-state index contributed by atoms with van der Waals surface area (Å²) in [6, 6.07) is 9.67. The van der Waals surface area contributed by atoms with Crippen LogP contribution in [0, 0.1) is 5.82 Å². The number of benzene rings is 2. The van der Waals surface area contributed by atoms with Crippen molar-refractivity contribution in [3.8, 4) is 11.5 Å². The smallest absolute Gasteiger partial charge is 0.176 e. The van der Waals surface area contributed by atoms with Gasteiger partial charge in [0.05, 0.1) is 18.7 Å². The number of hydrogen-bond acceptors (Lipinski definition) is 4. The Hall–Kier alpha value is -1.82. The van der Waals surface area contributed by atoms with Gasteiger partial charge in [0.15, 0.2) is 11.5 Å². The van der Waals surface area contributed by atoms with Crippen LogP contribution in [0.2, 0.25) is 5.02 Å². The first-order chi connectivity index (χ1) is 12.0. The maximum atomic E-state index is 13.1. The minimum Gasteiger partial charge on any atom is -0.503 e. The minimum absolute atomic E-state index is 0.0145. The van der Waals surface area contributed by atoms with Crippen LogP contribution < -0.4 is 4.74 Å². The Morgan fingerprint density at radius 1 is 1.16 bits per heavy atom. The fourth-order valence-electron chi connectivity index (χ4n) is 2.75. The van der Waals surface area contributed by atoms with E-state index in [4.69, 9.17) is 16.3 Å². The monoisotopic (exact) mass is 367 g/mol. The lowest BCUT2D eigenvalue weighted by molar-refractivity contribution is 0.106. The zero-order valence-corrected chi connectivity index (χ0v) is 15.1. The van der Waals surface area contributed by atoms with Crippen LogP contribution in [0.3, 0.4) is 0 Å². The summed E-state index contributed by atoms with van der Waals surface area (Å²) in [6.45, 7) is 3.08. The number of phenolic OH excluding ortho intramolecular Hbond substituents is 1. The molecule has 0 saturated heterocycles. The molecule has 0 bridgehead atoms. The summed E-state index contributed by atoms with van der Waals surface area (Å²) in [7, 11) is 1.47. The molecule has 2 N–H and O–H groups in total. The Labute approximate surface area is 152 Å². The van der Waals surface area contributed by atoms with E-state index in [-0.39, 0.29) is 29.2 Å². The molecule has 0 aliphatic rings. The molecule has 0 aliphatic carbocycles. The molecule has 0 saturated carbocycles. The van der Waals surface area contributed by atoms with Gasteiger partial charge in [0.2, 0.25) is 0 Å². The second-order valence-electron chi connectivity index (χ2n) is 5.90. The standard InChI is InChI=1S/C19H23ClFNO3/c1-3-16(12-23)22(10-13-4-6-15(21)7-5-13)11-14-8-17(20)19(24)18(9-14)25-2/h4-9,16,23-24H,3,10-12H2,1-2H3/t16-/m1/s1. The molecule has 0 fully saturated rings. The highest BCUT2D eigenvalue weighted by molar-refractivity contribution is 6.32. The van der Waals surface area contributed by atoms with Gasteiger partial charge in [0.1, 0.15) is 5.82 Å². The van der Waals surface area contributed by atoms with Crippen LogP contribution in [-0.4, -0.2) is 34.9 Å². The van der Waals surface area contributed by atoms with E-state index in [0.717, 1.165) is 17.5 Å². The average molecular weight is 368 g/mol. The van der Waals surface area contributed by atoms with Crippen molar-refractivity contribution in [1.82, 2.24) is 4.90 Å². The summed E-state index contributed by atoms with van der Waals surface area (Å²) in [5.74, 6) is -0.0620. The predicted octanol–water partition coefficient (Wildman–Crippen LogP) is 3.97. The van der Waals surface area contributed by atoms with Gasteiger partial charge in [-0.15, -0.1) is 0 Å². The molecule has 0 unspecified atom stereocenters. The molecule has 0 heterocycles. The Morgan fingerprint density at radius 3 is 2.36 bits per heavy atom. The Kier molecular flexibility index (Phi) is 7.05. The molecule has 2 aromatic carbocycles. The summed E-state index contributed by atoms with van der Waals surface area (Å²) in [5, 5.41) is 19.8.